The molecule has 1 unspecified atom stereocenters. The lowest BCUT2D eigenvalue weighted by Crippen LogP contribution is -2.32. The van der Waals surface area contributed by atoms with E-state index in [0.29, 0.717) is 6.04 Å². The second kappa shape index (κ2) is 8.10. The number of aromatic amines is 1. The molecule has 0 amide bonds. The molecule has 4 rings (SSSR count). The van der Waals surface area contributed by atoms with Crippen molar-refractivity contribution in [3.05, 3.63) is 46.5 Å². The van der Waals surface area contributed by atoms with E-state index in [4.69, 9.17) is 9.47 Å². The molecule has 1 N–H and O–H groups in total. The highest BCUT2D eigenvalue weighted by Gasteiger charge is 2.27. The molecule has 2 aromatic heterocycles. The minimum atomic E-state index is 0.388. The highest BCUT2D eigenvalue weighted by molar-refractivity contribution is 7.09. The maximum atomic E-state index is 5.59. The Labute approximate surface area is 163 Å². The fourth-order valence-corrected chi connectivity index (χ4v) is 4.55. The van der Waals surface area contributed by atoms with Gasteiger partial charge in [0.25, 0.3) is 0 Å². The summed E-state index contributed by atoms with van der Waals surface area (Å²) in [7, 11) is 3.34. The van der Waals surface area contributed by atoms with Crippen molar-refractivity contribution in [2.24, 2.45) is 0 Å². The molecule has 0 saturated carbocycles. The van der Waals surface area contributed by atoms with E-state index in [9.17, 15) is 0 Å². The van der Waals surface area contributed by atoms with Crippen molar-refractivity contribution in [2.75, 3.05) is 20.8 Å². The van der Waals surface area contributed by atoms with Crippen LogP contribution in [-0.2, 0) is 6.54 Å². The van der Waals surface area contributed by atoms with Crippen LogP contribution >= 0.6 is 11.3 Å². The lowest BCUT2D eigenvalue weighted by Gasteiger charge is -2.34. The Morgan fingerprint density at radius 1 is 1.26 bits per heavy atom. The first kappa shape index (κ1) is 18.0. The SMILES string of the molecule is COc1ccc(-c2[nH]ncc2CN2CCCCC2c2nccs2)c(OC)c1. The summed E-state index contributed by atoms with van der Waals surface area (Å²) in [5, 5.41) is 10.8. The average molecular weight is 385 g/mol. The summed E-state index contributed by atoms with van der Waals surface area (Å²) in [5.74, 6) is 1.55. The number of H-pyrrole nitrogens is 1. The lowest BCUT2D eigenvalue weighted by atomic mass is 10.0. The van der Waals surface area contributed by atoms with Gasteiger partial charge in [0.1, 0.15) is 16.5 Å². The van der Waals surface area contributed by atoms with E-state index >= 15 is 0 Å². The number of likely N-dealkylation sites (tertiary alicyclic amines) is 1. The number of methoxy groups -OCH3 is 2. The number of nitrogens with one attached hydrogen (secondary N) is 1. The van der Waals surface area contributed by atoms with Gasteiger partial charge >= 0.3 is 0 Å². The van der Waals surface area contributed by atoms with Crippen LogP contribution in [0.4, 0.5) is 0 Å². The number of aromatic nitrogens is 3. The van der Waals surface area contributed by atoms with Crippen LogP contribution < -0.4 is 9.47 Å². The zero-order valence-electron chi connectivity index (χ0n) is 15.6. The van der Waals surface area contributed by atoms with Crippen molar-refractivity contribution in [1.29, 1.82) is 0 Å². The predicted octanol–water partition coefficient (Wildman–Crippen LogP) is 4.28. The summed E-state index contributed by atoms with van der Waals surface area (Å²) < 4.78 is 10.9. The second-order valence-electron chi connectivity index (χ2n) is 6.69. The first-order valence-corrected chi connectivity index (χ1v) is 10.1. The van der Waals surface area contributed by atoms with Crippen LogP contribution in [0.1, 0.15) is 35.9 Å². The molecule has 1 aliphatic rings. The highest BCUT2D eigenvalue weighted by atomic mass is 32.1. The molecule has 142 valence electrons. The quantitative estimate of drug-likeness (QED) is 0.687. The molecule has 6 nitrogen and oxygen atoms in total. The van der Waals surface area contributed by atoms with Gasteiger partial charge in [0.05, 0.1) is 32.2 Å². The minimum absolute atomic E-state index is 0.388. The van der Waals surface area contributed by atoms with Crippen molar-refractivity contribution in [1.82, 2.24) is 20.1 Å². The Hall–Kier alpha value is -2.38. The summed E-state index contributed by atoms with van der Waals surface area (Å²) >= 11 is 1.75. The van der Waals surface area contributed by atoms with Crippen LogP contribution in [0.2, 0.25) is 0 Å². The van der Waals surface area contributed by atoms with Crippen molar-refractivity contribution in [2.45, 2.75) is 31.8 Å². The van der Waals surface area contributed by atoms with Crippen LogP contribution in [0, 0.1) is 0 Å². The number of piperidine rings is 1. The molecule has 1 saturated heterocycles. The summed E-state index contributed by atoms with van der Waals surface area (Å²) in [4.78, 5) is 7.09. The number of ether oxygens (including phenoxy) is 2. The van der Waals surface area contributed by atoms with Crippen LogP contribution in [0.25, 0.3) is 11.3 Å². The molecule has 1 atom stereocenters. The van der Waals surface area contributed by atoms with Crippen LogP contribution in [0.15, 0.2) is 36.0 Å². The van der Waals surface area contributed by atoms with E-state index in [1.807, 2.05) is 30.6 Å². The van der Waals surface area contributed by atoms with Gasteiger partial charge in [0.2, 0.25) is 0 Å². The van der Waals surface area contributed by atoms with Gasteiger partial charge in [-0.05, 0) is 31.5 Å². The Morgan fingerprint density at radius 2 is 2.19 bits per heavy atom. The van der Waals surface area contributed by atoms with Crippen molar-refractivity contribution in [3.8, 4) is 22.8 Å². The molecular weight excluding hydrogens is 360 g/mol. The van der Waals surface area contributed by atoms with E-state index in [-0.39, 0.29) is 0 Å². The highest BCUT2D eigenvalue weighted by Crippen LogP contribution is 2.37. The van der Waals surface area contributed by atoms with Gasteiger partial charge in [-0.15, -0.1) is 11.3 Å². The Balaban J connectivity index is 1.62. The number of benzene rings is 1. The summed E-state index contributed by atoms with van der Waals surface area (Å²) in [6, 6.07) is 6.25. The number of hydrogen-bond acceptors (Lipinski definition) is 6. The Morgan fingerprint density at radius 3 is 2.96 bits per heavy atom. The molecule has 1 aromatic carbocycles. The maximum absolute atomic E-state index is 5.59. The molecule has 7 heteroatoms. The zero-order chi connectivity index (χ0) is 18.6. The molecular formula is C20H24N4O2S. The van der Waals surface area contributed by atoms with Gasteiger partial charge in [-0.3, -0.25) is 10.00 Å². The average Bonchev–Trinajstić information content (AvgIpc) is 3.40. The fourth-order valence-electron chi connectivity index (χ4n) is 3.75. The van der Waals surface area contributed by atoms with Gasteiger partial charge in [0.15, 0.2) is 0 Å². The Kier molecular flexibility index (Phi) is 5.40. The van der Waals surface area contributed by atoms with E-state index in [2.05, 4.69) is 25.5 Å². The number of hydrogen-bond donors (Lipinski definition) is 1. The van der Waals surface area contributed by atoms with Gasteiger partial charge in [0, 0.05) is 35.3 Å². The smallest absolute Gasteiger partial charge is 0.131 e. The monoisotopic (exact) mass is 384 g/mol. The summed E-state index contributed by atoms with van der Waals surface area (Å²) in [5.41, 5.74) is 3.16. The fraction of sp³-hybridized carbons (Fsp3) is 0.400. The number of thiazole rings is 1. The largest absolute Gasteiger partial charge is 0.497 e. The van der Waals surface area contributed by atoms with E-state index < -0.39 is 0 Å². The van der Waals surface area contributed by atoms with Crippen LogP contribution in [0.5, 0.6) is 11.5 Å². The first-order valence-electron chi connectivity index (χ1n) is 9.18. The second-order valence-corrected chi connectivity index (χ2v) is 7.61. The molecule has 27 heavy (non-hydrogen) atoms. The van der Waals surface area contributed by atoms with Crippen molar-refractivity contribution < 1.29 is 9.47 Å². The van der Waals surface area contributed by atoms with E-state index in [0.717, 1.165) is 42.3 Å². The maximum Gasteiger partial charge on any atom is 0.131 e. The molecule has 1 fully saturated rings. The Bertz CT molecular complexity index is 878. The van der Waals surface area contributed by atoms with Crippen LogP contribution in [-0.4, -0.2) is 40.8 Å². The molecule has 3 heterocycles. The molecule has 0 bridgehead atoms. The van der Waals surface area contributed by atoms with Gasteiger partial charge in [-0.25, -0.2) is 4.98 Å². The zero-order valence-corrected chi connectivity index (χ0v) is 16.5. The van der Waals surface area contributed by atoms with Gasteiger partial charge in [-0.2, -0.15) is 5.10 Å². The molecule has 0 spiro atoms. The third-order valence-corrected chi connectivity index (χ3v) is 6.00. The van der Waals surface area contributed by atoms with Gasteiger partial charge < -0.3 is 9.47 Å². The molecule has 0 radical (unpaired) electrons. The normalized spacial score (nSPS) is 17.8. The van der Waals surface area contributed by atoms with E-state index in [1.165, 1.54) is 23.4 Å². The topological polar surface area (TPSA) is 63.3 Å². The third-order valence-electron chi connectivity index (χ3n) is 5.12. The van der Waals surface area contributed by atoms with Gasteiger partial charge in [-0.1, -0.05) is 6.42 Å². The van der Waals surface area contributed by atoms with Crippen molar-refractivity contribution >= 4 is 11.3 Å². The predicted molar refractivity (Wildman–Crippen MR) is 106 cm³/mol. The molecule has 0 aliphatic carbocycles. The number of nitrogens with zero attached hydrogens (tertiary/aromatic N) is 3. The third kappa shape index (κ3) is 3.70. The standard InChI is InChI=1S/C20H24N4O2S/c1-25-15-6-7-16(18(11-15)26-2)19-14(12-22-23-19)13-24-9-4-3-5-17(24)20-21-8-10-27-20/h6-8,10-12,17H,3-5,9,13H2,1-2H3,(H,22,23). The minimum Gasteiger partial charge on any atom is -0.497 e. The molecule has 3 aromatic rings. The molecule has 1 aliphatic heterocycles. The summed E-state index contributed by atoms with van der Waals surface area (Å²) in [6.07, 6.45) is 7.46. The lowest BCUT2D eigenvalue weighted by molar-refractivity contribution is 0.140. The summed E-state index contributed by atoms with van der Waals surface area (Å²) in [6.45, 7) is 1.92. The number of rotatable bonds is 6. The van der Waals surface area contributed by atoms with E-state index in [1.54, 1.807) is 25.6 Å². The van der Waals surface area contributed by atoms with Crippen molar-refractivity contribution in [3.63, 3.8) is 0 Å². The van der Waals surface area contributed by atoms with Crippen LogP contribution in [0.3, 0.4) is 0 Å². The first-order chi connectivity index (χ1) is 13.3.